The molecule has 1 aliphatic carbocycles. The van der Waals surface area contributed by atoms with E-state index in [9.17, 15) is 5.11 Å². The summed E-state index contributed by atoms with van der Waals surface area (Å²) in [4.78, 5) is 4.69. The molecule has 3 N–H and O–H groups in total. The van der Waals surface area contributed by atoms with Crippen LogP contribution in [0.3, 0.4) is 0 Å². The Hall–Kier alpha value is -1.06. The SMILES string of the molecule is CCNC(=NCc1ccc(C)cc1OCCCOC)NCC1(CO)CC1.I. The average molecular weight is 491 g/mol. The highest BCUT2D eigenvalue weighted by molar-refractivity contribution is 14.0. The third-order valence-electron chi connectivity index (χ3n) is 4.65. The summed E-state index contributed by atoms with van der Waals surface area (Å²) in [7, 11) is 1.70. The molecule has 0 heterocycles. The quantitative estimate of drug-likeness (QED) is 0.192. The van der Waals surface area contributed by atoms with Gasteiger partial charge in [0.2, 0.25) is 0 Å². The van der Waals surface area contributed by atoms with Gasteiger partial charge in [0, 0.05) is 44.2 Å². The third-order valence-corrected chi connectivity index (χ3v) is 4.65. The maximum Gasteiger partial charge on any atom is 0.191 e. The fraction of sp³-hybridized carbons (Fsp3) is 0.650. The van der Waals surface area contributed by atoms with Gasteiger partial charge >= 0.3 is 0 Å². The minimum absolute atomic E-state index is 0. The van der Waals surface area contributed by atoms with Crippen LogP contribution in [0, 0.1) is 12.3 Å². The number of aliphatic imine (C=N–C) groups is 1. The second kappa shape index (κ2) is 12.4. The maximum atomic E-state index is 9.46. The second-order valence-corrected chi connectivity index (χ2v) is 7.01. The van der Waals surface area contributed by atoms with Gasteiger partial charge in [-0.25, -0.2) is 4.99 Å². The Morgan fingerprint density at radius 3 is 2.67 bits per heavy atom. The van der Waals surface area contributed by atoms with E-state index in [1.165, 1.54) is 5.56 Å². The second-order valence-electron chi connectivity index (χ2n) is 7.01. The number of aliphatic hydroxyl groups excluding tert-OH is 1. The monoisotopic (exact) mass is 491 g/mol. The van der Waals surface area contributed by atoms with E-state index in [0.29, 0.717) is 19.8 Å². The van der Waals surface area contributed by atoms with Gasteiger partial charge in [-0.2, -0.15) is 0 Å². The molecule has 2 rings (SSSR count). The molecular formula is C20H34IN3O3. The number of benzene rings is 1. The number of aryl methyl sites for hydroxylation is 1. The summed E-state index contributed by atoms with van der Waals surface area (Å²) >= 11 is 0. The number of rotatable bonds is 11. The van der Waals surface area contributed by atoms with Crippen LogP contribution in [-0.2, 0) is 11.3 Å². The first-order valence-electron chi connectivity index (χ1n) is 9.47. The third kappa shape index (κ3) is 8.23. The van der Waals surface area contributed by atoms with Crippen LogP contribution in [0.4, 0.5) is 0 Å². The van der Waals surface area contributed by atoms with E-state index in [4.69, 9.17) is 14.5 Å². The van der Waals surface area contributed by atoms with Gasteiger partial charge in [0.25, 0.3) is 0 Å². The van der Waals surface area contributed by atoms with Gasteiger partial charge in [0.05, 0.1) is 19.8 Å². The Morgan fingerprint density at radius 2 is 2.04 bits per heavy atom. The number of methoxy groups -OCH3 is 1. The van der Waals surface area contributed by atoms with Crippen molar-refractivity contribution in [3.8, 4) is 5.75 Å². The molecule has 0 atom stereocenters. The standard InChI is InChI=1S/C20H33N3O3.HI/c1-4-21-19(23-14-20(15-24)8-9-20)22-13-17-7-6-16(2)12-18(17)26-11-5-10-25-3;/h6-7,12,24H,4-5,8-11,13-15H2,1-3H3,(H2,21,22,23);1H. The van der Waals surface area contributed by atoms with Gasteiger partial charge in [0.15, 0.2) is 5.96 Å². The molecule has 0 amide bonds. The number of aliphatic hydroxyl groups is 1. The van der Waals surface area contributed by atoms with Crippen molar-refractivity contribution in [1.29, 1.82) is 0 Å². The van der Waals surface area contributed by atoms with Gasteiger partial charge < -0.3 is 25.2 Å². The average Bonchev–Trinajstić information content (AvgIpc) is 3.43. The Morgan fingerprint density at radius 1 is 1.26 bits per heavy atom. The molecular weight excluding hydrogens is 457 g/mol. The minimum atomic E-state index is 0. The van der Waals surface area contributed by atoms with Crippen LogP contribution in [-0.4, -0.2) is 51.1 Å². The molecule has 0 radical (unpaired) electrons. The maximum absolute atomic E-state index is 9.46. The predicted octanol–water partition coefficient (Wildman–Crippen LogP) is 2.86. The van der Waals surface area contributed by atoms with Crippen molar-refractivity contribution in [2.75, 3.05) is 40.0 Å². The topological polar surface area (TPSA) is 75.1 Å². The summed E-state index contributed by atoms with van der Waals surface area (Å²) in [5, 5.41) is 16.1. The van der Waals surface area contributed by atoms with Gasteiger partial charge in [-0.05, 0) is 38.3 Å². The number of ether oxygens (including phenoxy) is 2. The summed E-state index contributed by atoms with van der Waals surface area (Å²) in [6, 6.07) is 6.21. The number of nitrogens with zero attached hydrogens (tertiary/aromatic N) is 1. The number of nitrogens with one attached hydrogen (secondary N) is 2. The Balaban J connectivity index is 0.00000364. The first-order chi connectivity index (χ1) is 12.6. The molecule has 7 heteroatoms. The summed E-state index contributed by atoms with van der Waals surface area (Å²) in [5.41, 5.74) is 2.28. The number of halogens is 1. The molecule has 0 aromatic heterocycles. The molecule has 0 aliphatic heterocycles. The minimum Gasteiger partial charge on any atom is -0.493 e. The lowest BCUT2D eigenvalue weighted by Gasteiger charge is -2.17. The zero-order valence-electron chi connectivity index (χ0n) is 16.7. The lowest BCUT2D eigenvalue weighted by Crippen LogP contribution is -2.41. The molecule has 0 spiro atoms. The highest BCUT2D eigenvalue weighted by atomic mass is 127. The van der Waals surface area contributed by atoms with Crippen LogP contribution in [0.15, 0.2) is 23.2 Å². The normalized spacial score (nSPS) is 15.0. The highest BCUT2D eigenvalue weighted by Gasteiger charge is 2.41. The zero-order chi connectivity index (χ0) is 18.8. The van der Waals surface area contributed by atoms with Crippen molar-refractivity contribution >= 4 is 29.9 Å². The molecule has 1 aromatic carbocycles. The first-order valence-corrected chi connectivity index (χ1v) is 9.47. The van der Waals surface area contributed by atoms with E-state index in [1.807, 2.05) is 6.92 Å². The van der Waals surface area contributed by atoms with E-state index >= 15 is 0 Å². The Kier molecular flexibility index (Phi) is 11.0. The predicted molar refractivity (Wildman–Crippen MR) is 120 cm³/mol. The summed E-state index contributed by atoms with van der Waals surface area (Å²) in [6.45, 7) is 7.76. The van der Waals surface area contributed by atoms with Gasteiger partial charge in [-0.3, -0.25) is 0 Å². The van der Waals surface area contributed by atoms with Crippen LogP contribution in [0.5, 0.6) is 5.75 Å². The summed E-state index contributed by atoms with van der Waals surface area (Å²) in [6.07, 6.45) is 3.02. The van der Waals surface area contributed by atoms with E-state index in [0.717, 1.165) is 49.6 Å². The Bertz CT molecular complexity index is 592. The molecule has 1 aromatic rings. The van der Waals surface area contributed by atoms with Crippen molar-refractivity contribution in [3.63, 3.8) is 0 Å². The van der Waals surface area contributed by atoms with Gasteiger partial charge in [-0.1, -0.05) is 12.1 Å². The smallest absolute Gasteiger partial charge is 0.191 e. The van der Waals surface area contributed by atoms with Crippen LogP contribution in [0.2, 0.25) is 0 Å². The number of hydrogen-bond acceptors (Lipinski definition) is 4. The van der Waals surface area contributed by atoms with Crippen molar-refractivity contribution < 1.29 is 14.6 Å². The van der Waals surface area contributed by atoms with Crippen molar-refractivity contribution in [2.45, 2.75) is 39.7 Å². The van der Waals surface area contributed by atoms with Gasteiger partial charge in [-0.15, -0.1) is 24.0 Å². The van der Waals surface area contributed by atoms with Crippen molar-refractivity contribution in [2.24, 2.45) is 10.4 Å². The highest BCUT2D eigenvalue weighted by Crippen LogP contribution is 2.44. The zero-order valence-corrected chi connectivity index (χ0v) is 19.0. The Labute approximate surface area is 180 Å². The van der Waals surface area contributed by atoms with Crippen molar-refractivity contribution in [3.05, 3.63) is 29.3 Å². The van der Waals surface area contributed by atoms with Crippen LogP contribution in [0.1, 0.15) is 37.3 Å². The lowest BCUT2D eigenvalue weighted by atomic mass is 10.1. The first kappa shape index (κ1) is 24.0. The summed E-state index contributed by atoms with van der Waals surface area (Å²) in [5.74, 6) is 1.66. The van der Waals surface area contributed by atoms with E-state index in [1.54, 1.807) is 7.11 Å². The van der Waals surface area contributed by atoms with Crippen LogP contribution in [0.25, 0.3) is 0 Å². The molecule has 0 unspecified atom stereocenters. The largest absolute Gasteiger partial charge is 0.493 e. The summed E-state index contributed by atoms with van der Waals surface area (Å²) < 4.78 is 11.0. The fourth-order valence-corrected chi connectivity index (χ4v) is 2.66. The van der Waals surface area contributed by atoms with Crippen LogP contribution >= 0.6 is 24.0 Å². The van der Waals surface area contributed by atoms with Crippen molar-refractivity contribution in [1.82, 2.24) is 10.6 Å². The molecule has 1 aliphatic rings. The lowest BCUT2D eigenvalue weighted by molar-refractivity contribution is 0.172. The molecule has 0 saturated heterocycles. The number of hydrogen-bond donors (Lipinski definition) is 3. The van der Waals surface area contributed by atoms with Crippen LogP contribution < -0.4 is 15.4 Å². The molecule has 6 nitrogen and oxygen atoms in total. The van der Waals surface area contributed by atoms with E-state index in [-0.39, 0.29) is 36.0 Å². The molecule has 0 bridgehead atoms. The van der Waals surface area contributed by atoms with E-state index in [2.05, 4.69) is 35.8 Å². The fourth-order valence-electron chi connectivity index (χ4n) is 2.66. The van der Waals surface area contributed by atoms with Gasteiger partial charge in [0.1, 0.15) is 5.75 Å². The molecule has 1 saturated carbocycles. The molecule has 154 valence electrons. The molecule has 27 heavy (non-hydrogen) atoms. The molecule has 1 fully saturated rings. The van der Waals surface area contributed by atoms with E-state index < -0.39 is 0 Å². The number of guanidine groups is 1.